The average Bonchev–Trinajstić information content (AvgIpc) is 3.44. The lowest BCUT2D eigenvalue weighted by Gasteiger charge is -2.08. The van der Waals surface area contributed by atoms with E-state index in [-0.39, 0.29) is 17.7 Å². The lowest BCUT2D eigenvalue weighted by Crippen LogP contribution is -2.16. The maximum atomic E-state index is 12.6. The number of anilines is 1. The van der Waals surface area contributed by atoms with Gasteiger partial charge in [0, 0.05) is 35.0 Å². The van der Waals surface area contributed by atoms with Crippen molar-refractivity contribution in [2.24, 2.45) is 5.92 Å². The quantitative estimate of drug-likeness (QED) is 0.424. The molecular weight excluding hydrogens is 426 g/mol. The van der Waals surface area contributed by atoms with E-state index < -0.39 is 0 Å². The second-order valence-corrected chi connectivity index (χ2v) is 8.13. The Morgan fingerprint density at radius 2 is 2.06 bits per heavy atom. The highest BCUT2D eigenvalue weighted by atomic mass is 35.5. The molecule has 2 heterocycles. The first-order chi connectivity index (χ1) is 15.7. The monoisotopic (exact) mass is 445 g/mol. The van der Waals surface area contributed by atoms with Gasteiger partial charge in [0.25, 0.3) is 0 Å². The van der Waals surface area contributed by atoms with Crippen molar-refractivity contribution in [3.05, 3.63) is 89.3 Å². The number of carbonyl (C=O) groups is 1. The fourth-order valence-corrected chi connectivity index (χ4v) is 3.85. The molecule has 1 amide bonds. The zero-order chi connectivity index (χ0) is 21.9. The Balaban J connectivity index is 1.17. The Morgan fingerprint density at radius 1 is 1.19 bits per heavy atom. The topological polar surface area (TPSA) is 92.8 Å². The third-order valence-electron chi connectivity index (χ3n) is 5.42. The van der Waals surface area contributed by atoms with Crippen LogP contribution in [0.2, 0.25) is 5.02 Å². The summed E-state index contributed by atoms with van der Waals surface area (Å²) < 4.78 is 5.83. The standard InChI is InChI=1S/C24H20ClN5O2/c25-18-3-1-2-17(10-18)20-12-21(20)24(31)29-22-11-19(13-28-30-22)32-14-15-4-6-16(7-5-15)23-26-8-9-27-23/h1-11,13,20-21H,12,14H2,(H,26,27)(H,29,30,31). The molecule has 4 aromatic rings. The fraction of sp³-hybridized carbons (Fsp3) is 0.167. The Labute approximate surface area is 189 Å². The third kappa shape index (κ3) is 4.63. The Bertz CT molecular complexity index is 1230. The molecule has 5 rings (SSSR count). The van der Waals surface area contributed by atoms with Gasteiger partial charge >= 0.3 is 0 Å². The summed E-state index contributed by atoms with van der Waals surface area (Å²) in [7, 11) is 0. The van der Waals surface area contributed by atoms with Gasteiger partial charge in [-0.1, -0.05) is 48.0 Å². The normalized spacial score (nSPS) is 17.0. The van der Waals surface area contributed by atoms with Crippen molar-refractivity contribution in [3.63, 3.8) is 0 Å². The molecule has 160 valence electrons. The summed E-state index contributed by atoms with van der Waals surface area (Å²) in [5, 5.41) is 11.5. The first kappa shape index (κ1) is 20.2. The number of hydrogen-bond acceptors (Lipinski definition) is 5. The number of benzene rings is 2. The van der Waals surface area contributed by atoms with Gasteiger partial charge in [-0.2, -0.15) is 5.10 Å². The molecule has 32 heavy (non-hydrogen) atoms. The van der Waals surface area contributed by atoms with Crippen LogP contribution in [0.15, 0.2) is 73.2 Å². The van der Waals surface area contributed by atoms with E-state index in [9.17, 15) is 4.79 Å². The highest BCUT2D eigenvalue weighted by molar-refractivity contribution is 6.30. The Kier molecular flexibility index (Phi) is 5.56. The van der Waals surface area contributed by atoms with Crippen molar-refractivity contribution >= 4 is 23.3 Å². The number of carbonyl (C=O) groups excluding carboxylic acids is 1. The summed E-state index contributed by atoms with van der Waals surface area (Å²) in [5.74, 6) is 1.75. The Morgan fingerprint density at radius 3 is 2.84 bits per heavy atom. The zero-order valence-electron chi connectivity index (χ0n) is 17.0. The zero-order valence-corrected chi connectivity index (χ0v) is 17.8. The molecule has 0 bridgehead atoms. The van der Waals surface area contributed by atoms with Crippen LogP contribution in [0, 0.1) is 5.92 Å². The maximum absolute atomic E-state index is 12.6. The molecule has 2 aromatic heterocycles. The lowest BCUT2D eigenvalue weighted by atomic mass is 10.1. The van der Waals surface area contributed by atoms with Gasteiger partial charge in [-0.05, 0) is 35.6 Å². The molecule has 1 aliphatic rings. The van der Waals surface area contributed by atoms with Crippen LogP contribution in [-0.4, -0.2) is 26.1 Å². The van der Waals surface area contributed by atoms with Crippen molar-refractivity contribution in [3.8, 4) is 17.1 Å². The van der Waals surface area contributed by atoms with E-state index >= 15 is 0 Å². The highest BCUT2D eigenvalue weighted by Gasteiger charge is 2.44. The summed E-state index contributed by atoms with van der Waals surface area (Å²) in [4.78, 5) is 19.9. The Hall–Kier alpha value is -3.71. The molecule has 1 saturated carbocycles. The first-order valence-electron chi connectivity index (χ1n) is 10.3. The molecular formula is C24H20ClN5O2. The van der Waals surface area contributed by atoms with Crippen LogP contribution in [0.25, 0.3) is 11.4 Å². The number of rotatable bonds is 7. The molecule has 0 saturated heterocycles. The van der Waals surface area contributed by atoms with Gasteiger partial charge in [0.15, 0.2) is 5.82 Å². The van der Waals surface area contributed by atoms with Crippen LogP contribution in [0.1, 0.15) is 23.5 Å². The first-order valence-corrected chi connectivity index (χ1v) is 10.6. The van der Waals surface area contributed by atoms with Crippen molar-refractivity contribution < 1.29 is 9.53 Å². The van der Waals surface area contributed by atoms with Crippen LogP contribution >= 0.6 is 11.6 Å². The minimum Gasteiger partial charge on any atom is -0.487 e. The number of ether oxygens (including phenoxy) is 1. The van der Waals surface area contributed by atoms with Gasteiger partial charge in [-0.25, -0.2) is 4.98 Å². The number of hydrogen-bond donors (Lipinski definition) is 2. The molecule has 1 aliphatic carbocycles. The fourth-order valence-electron chi connectivity index (χ4n) is 3.65. The van der Waals surface area contributed by atoms with Crippen LogP contribution in [-0.2, 0) is 11.4 Å². The van der Waals surface area contributed by atoms with Crippen LogP contribution < -0.4 is 10.1 Å². The number of H-pyrrole nitrogens is 1. The number of nitrogens with one attached hydrogen (secondary N) is 2. The predicted octanol–water partition coefficient (Wildman–Crippen LogP) is 4.84. The largest absolute Gasteiger partial charge is 0.487 e. The van der Waals surface area contributed by atoms with E-state index in [0.29, 0.717) is 23.2 Å². The van der Waals surface area contributed by atoms with Crippen molar-refractivity contribution in [2.45, 2.75) is 18.9 Å². The number of imidazole rings is 1. The summed E-state index contributed by atoms with van der Waals surface area (Å²) in [6, 6.07) is 17.3. The number of aromatic amines is 1. The predicted molar refractivity (Wildman–Crippen MR) is 121 cm³/mol. The molecule has 0 radical (unpaired) electrons. The van der Waals surface area contributed by atoms with Gasteiger partial charge in [0.2, 0.25) is 5.91 Å². The van der Waals surface area contributed by atoms with Gasteiger partial charge in [0.1, 0.15) is 18.2 Å². The molecule has 1 fully saturated rings. The maximum Gasteiger partial charge on any atom is 0.229 e. The smallest absolute Gasteiger partial charge is 0.229 e. The molecule has 2 aromatic carbocycles. The number of nitrogens with zero attached hydrogens (tertiary/aromatic N) is 3. The molecule has 2 unspecified atom stereocenters. The van der Waals surface area contributed by atoms with E-state index in [1.165, 1.54) is 6.20 Å². The second-order valence-electron chi connectivity index (χ2n) is 7.69. The summed E-state index contributed by atoms with van der Waals surface area (Å²) in [6.07, 6.45) is 5.84. The van der Waals surface area contributed by atoms with Gasteiger partial charge in [-0.3, -0.25) is 4.79 Å². The molecule has 2 N–H and O–H groups in total. The van der Waals surface area contributed by atoms with Gasteiger partial charge < -0.3 is 15.0 Å². The molecule has 2 atom stereocenters. The van der Waals surface area contributed by atoms with E-state index in [1.807, 2.05) is 48.5 Å². The molecule has 0 aliphatic heterocycles. The van der Waals surface area contributed by atoms with Gasteiger partial charge in [-0.15, -0.1) is 5.10 Å². The van der Waals surface area contributed by atoms with Crippen LogP contribution in [0.5, 0.6) is 5.75 Å². The van der Waals surface area contributed by atoms with Crippen LogP contribution in [0.3, 0.4) is 0 Å². The third-order valence-corrected chi connectivity index (χ3v) is 5.65. The lowest BCUT2D eigenvalue weighted by molar-refractivity contribution is -0.117. The number of amides is 1. The second kappa shape index (κ2) is 8.80. The summed E-state index contributed by atoms with van der Waals surface area (Å²) >= 11 is 6.06. The van der Waals surface area contributed by atoms with Crippen molar-refractivity contribution in [2.75, 3.05) is 5.32 Å². The minimum absolute atomic E-state index is 0.0741. The van der Waals surface area contributed by atoms with E-state index in [2.05, 4.69) is 25.5 Å². The highest BCUT2D eigenvalue weighted by Crippen LogP contribution is 2.48. The van der Waals surface area contributed by atoms with E-state index in [1.54, 1.807) is 18.5 Å². The molecule has 8 heteroatoms. The summed E-state index contributed by atoms with van der Waals surface area (Å²) in [5.41, 5.74) is 3.09. The van der Waals surface area contributed by atoms with Crippen LogP contribution in [0.4, 0.5) is 5.82 Å². The van der Waals surface area contributed by atoms with E-state index in [0.717, 1.165) is 28.9 Å². The number of halogens is 1. The SMILES string of the molecule is O=C(Nc1cc(OCc2ccc(-c3ncc[nH]3)cc2)cnn1)C1CC1c1cccc(Cl)c1. The van der Waals surface area contributed by atoms with Crippen molar-refractivity contribution in [1.29, 1.82) is 0 Å². The minimum atomic E-state index is -0.0903. The van der Waals surface area contributed by atoms with Gasteiger partial charge in [0.05, 0.1) is 6.20 Å². The summed E-state index contributed by atoms with van der Waals surface area (Å²) in [6.45, 7) is 0.372. The average molecular weight is 446 g/mol. The van der Waals surface area contributed by atoms with E-state index in [4.69, 9.17) is 16.3 Å². The number of aromatic nitrogens is 4. The van der Waals surface area contributed by atoms with Crippen molar-refractivity contribution in [1.82, 2.24) is 20.2 Å². The molecule has 7 nitrogen and oxygen atoms in total. The molecule has 0 spiro atoms.